The highest BCUT2D eigenvalue weighted by Gasteiger charge is 2.31. The molecule has 5 rings (SSSR count). The molecule has 0 bridgehead atoms. The molecule has 1 amide bonds. The van der Waals surface area contributed by atoms with E-state index in [1.54, 1.807) is 54.6 Å². The van der Waals surface area contributed by atoms with E-state index in [2.05, 4.69) is 15.4 Å². The summed E-state index contributed by atoms with van der Waals surface area (Å²) in [6, 6.07) is 25.1. The van der Waals surface area contributed by atoms with Gasteiger partial charge in [-0.1, -0.05) is 54.6 Å². The van der Waals surface area contributed by atoms with E-state index in [4.69, 9.17) is 4.74 Å². The molecule has 0 spiro atoms. The lowest BCUT2D eigenvalue weighted by molar-refractivity contribution is -0.137. The van der Waals surface area contributed by atoms with Gasteiger partial charge in [-0.05, 0) is 55.0 Å². The highest BCUT2D eigenvalue weighted by atomic mass is 19.4. The van der Waals surface area contributed by atoms with Crippen LogP contribution >= 0.6 is 0 Å². The van der Waals surface area contributed by atoms with Crippen LogP contribution in [0.2, 0.25) is 0 Å². The lowest BCUT2D eigenvalue weighted by Crippen LogP contribution is -2.21. The number of carbonyl (C=O) groups is 1. The van der Waals surface area contributed by atoms with Crippen molar-refractivity contribution in [1.29, 1.82) is 0 Å². The molecule has 1 heterocycles. The zero-order chi connectivity index (χ0) is 29.0. The fourth-order valence-corrected chi connectivity index (χ4v) is 4.13. The number of para-hydroxylation sites is 3. The van der Waals surface area contributed by atoms with Crippen LogP contribution in [0.1, 0.15) is 16.7 Å². The molecule has 41 heavy (non-hydrogen) atoms. The van der Waals surface area contributed by atoms with Gasteiger partial charge in [0.05, 0.1) is 22.7 Å². The van der Waals surface area contributed by atoms with Crippen LogP contribution in [0.3, 0.4) is 0 Å². The summed E-state index contributed by atoms with van der Waals surface area (Å²) in [6.07, 6.45) is -3.24. The predicted molar refractivity (Wildman–Crippen MR) is 151 cm³/mol. The second-order valence-corrected chi connectivity index (χ2v) is 9.08. The third-order valence-electron chi connectivity index (χ3n) is 6.21. The molecule has 4 aromatic carbocycles. The Bertz CT molecular complexity index is 1830. The molecule has 206 valence electrons. The Morgan fingerprint density at radius 3 is 2.51 bits per heavy atom. The second kappa shape index (κ2) is 11.5. The Morgan fingerprint density at radius 1 is 0.976 bits per heavy atom. The Hall–Kier alpha value is -5.25. The summed E-state index contributed by atoms with van der Waals surface area (Å²) in [6.45, 7) is 1.59. The third-order valence-corrected chi connectivity index (χ3v) is 6.21. The zero-order valence-corrected chi connectivity index (χ0v) is 21.7. The van der Waals surface area contributed by atoms with Crippen molar-refractivity contribution < 1.29 is 22.7 Å². The van der Waals surface area contributed by atoms with Crippen molar-refractivity contribution in [3.05, 3.63) is 124 Å². The molecule has 0 radical (unpaired) electrons. The van der Waals surface area contributed by atoms with Crippen LogP contribution in [-0.2, 0) is 11.0 Å². The first kappa shape index (κ1) is 27.3. The molecule has 5 aromatic rings. The number of fused-ring (bicyclic) bond motifs is 1. The number of alkyl halides is 3. The SMILES string of the molecule is Cc1ccccc1NC(=O)COc1ccccc1C=Nn1c(-c2cccc(C(F)(F)F)c2)nc2ccccc2c1=O. The fraction of sp³-hybridized carbons (Fsp3) is 0.0968. The van der Waals surface area contributed by atoms with Crippen LogP contribution < -0.4 is 15.6 Å². The topological polar surface area (TPSA) is 85.6 Å². The second-order valence-electron chi connectivity index (χ2n) is 9.08. The number of benzene rings is 4. The molecule has 1 aromatic heterocycles. The molecule has 0 saturated heterocycles. The van der Waals surface area contributed by atoms with Crippen molar-refractivity contribution in [2.75, 3.05) is 11.9 Å². The number of carbonyl (C=O) groups excluding carboxylic acids is 1. The van der Waals surface area contributed by atoms with Crippen LogP contribution in [0, 0.1) is 6.92 Å². The number of nitrogens with zero attached hydrogens (tertiary/aromatic N) is 3. The number of amides is 1. The molecule has 0 aliphatic heterocycles. The first-order valence-corrected chi connectivity index (χ1v) is 12.5. The molecule has 0 aliphatic carbocycles. The Labute approximate surface area is 232 Å². The van der Waals surface area contributed by atoms with Gasteiger partial charge in [0.1, 0.15) is 5.75 Å². The van der Waals surface area contributed by atoms with Gasteiger partial charge < -0.3 is 10.1 Å². The smallest absolute Gasteiger partial charge is 0.416 e. The maximum Gasteiger partial charge on any atom is 0.416 e. The highest BCUT2D eigenvalue weighted by Crippen LogP contribution is 2.32. The molecule has 0 unspecified atom stereocenters. The van der Waals surface area contributed by atoms with Crippen LogP contribution in [-0.4, -0.2) is 28.4 Å². The monoisotopic (exact) mass is 556 g/mol. The van der Waals surface area contributed by atoms with Crippen molar-refractivity contribution in [3.8, 4) is 17.1 Å². The van der Waals surface area contributed by atoms with E-state index in [0.717, 1.165) is 22.4 Å². The molecule has 10 heteroatoms. The van der Waals surface area contributed by atoms with Crippen molar-refractivity contribution >= 4 is 28.7 Å². The number of halogens is 3. The molecule has 0 aliphatic rings. The predicted octanol–water partition coefficient (Wildman–Crippen LogP) is 6.29. The summed E-state index contributed by atoms with van der Waals surface area (Å²) >= 11 is 0. The first-order chi connectivity index (χ1) is 19.7. The van der Waals surface area contributed by atoms with Gasteiger partial charge in [0.15, 0.2) is 12.4 Å². The number of aryl methyl sites for hydroxylation is 1. The molecule has 0 fully saturated rings. The Kier molecular flexibility index (Phi) is 7.64. The summed E-state index contributed by atoms with van der Waals surface area (Å²) in [5.74, 6) is -0.113. The third kappa shape index (κ3) is 6.17. The van der Waals surface area contributed by atoms with Gasteiger partial charge in [0.25, 0.3) is 11.5 Å². The van der Waals surface area contributed by atoms with Crippen molar-refractivity contribution in [1.82, 2.24) is 9.66 Å². The number of aromatic nitrogens is 2. The standard InChI is InChI=1S/C31H23F3N4O3/c1-20-9-2-5-14-25(20)36-28(39)19-41-27-16-7-3-10-22(27)18-35-38-29(21-11-8-12-23(17-21)31(32,33)34)37-26-15-6-4-13-24(26)30(38)40/h2-18H,19H2,1H3,(H,36,39). The van der Waals surface area contributed by atoms with Crippen molar-refractivity contribution in [2.45, 2.75) is 13.1 Å². The summed E-state index contributed by atoms with van der Waals surface area (Å²) in [5.41, 5.74) is 0.954. The highest BCUT2D eigenvalue weighted by molar-refractivity contribution is 5.93. The van der Waals surface area contributed by atoms with Crippen LogP contribution in [0.5, 0.6) is 5.75 Å². The average molecular weight is 557 g/mol. The minimum absolute atomic E-state index is 0.0629. The van der Waals surface area contributed by atoms with Gasteiger partial charge >= 0.3 is 6.18 Å². The van der Waals surface area contributed by atoms with Gasteiger partial charge in [0.2, 0.25) is 0 Å². The Balaban J connectivity index is 1.48. The molecule has 7 nitrogen and oxygen atoms in total. The average Bonchev–Trinajstić information content (AvgIpc) is 2.97. The van der Waals surface area contributed by atoms with Crippen LogP contribution in [0.25, 0.3) is 22.3 Å². The summed E-state index contributed by atoms with van der Waals surface area (Å²) in [5, 5.41) is 7.36. The number of hydrogen-bond acceptors (Lipinski definition) is 5. The summed E-state index contributed by atoms with van der Waals surface area (Å²) in [7, 11) is 0. The van der Waals surface area contributed by atoms with E-state index in [1.165, 1.54) is 18.3 Å². The minimum atomic E-state index is -4.58. The maximum atomic E-state index is 13.4. The maximum absolute atomic E-state index is 13.4. The fourth-order valence-electron chi connectivity index (χ4n) is 4.13. The lowest BCUT2D eigenvalue weighted by atomic mass is 10.1. The van der Waals surface area contributed by atoms with Crippen molar-refractivity contribution in [3.63, 3.8) is 0 Å². The summed E-state index contributed by atoms with van der Waals surface area (Å²) in [4.78, 5) is 30.4. The lowest BCUT2D eigenvalue weighted by Gasteiger charge is -2.13. The van der Waals surface area contributed by atoms with Gasteiger partial charge in [-0.25, -0.2) is 4.98 Å². The number of nitrogens with one attached hydrogen (secondary N) is 1. The minimum Gasteiger partial charge on any atom is -0.483 e. The quantitative estimate of drug-likeness (QED) is 0.239. The van der Waals surface area contributed by atoms with Crippen LogP contribution in [0.4, 0.5) is 18.9 Å². The Morgan fingerprint density at radius 2 is 1.71 bits per heavy atom. The van der Waals surface area contributed by atoms with E-state index in [1.807, 2.05) is 25.1 Å². The number of anilines is 1. The molecule has 1 N–H and O–H groups in total. The molecular formula is C31H23F3N4O3. The van der Waals surface area contributed by atoms with E-state index >= 15 is 0 Å². The number of hydrogen-bond donors (Lipinski definition) is 1. The molecular weight excluding hydrogens is 533 g/mol. The number of ether oxygens (including phenoxy) is 1. The van der Waals surface area contributed by atoms with Crippen LogP contribution in [0.15, 0.2) is 107 Å². The molecule has 0 saturated carbocycles. The number of rotatable bonds is 7. The zero-order valence-electron chi connectivity index (χ0n) is 21.7. The summed E-state index contributed by atoms with van der Waals surface area (Å²) < 4.78 is 47.0. The normalized spacial score (nSPS) is 11.6. The van der Waals surface area contributed by atoms with Gasteiger partial charge in [-0.15, -0.1) is 0 Å². The van der Waals surface area contributed by atoms with E-state index in [9.17, 15) is 22.8 Å². The molecule has 0 atom stereocenters. The van der Waals surface area contributed by atoms with E-state index in [0.29, 0.717) is 22.5 Å². The van der Waals surface area contributed by atoms with Gasteiger partial charge in [-0.3, -0.25) is 9.59 Å². The first-order valence-electron chi connectivity index (χ1n) is 12.5. The van der Waals surface area contributed by atoms with Crippen molar-refractivity contribution in [2.24, 2.45) is 5.10 Å². The van der Waals surface area contributed by atoms with Gasteiger partial charge in [0, 0.05) is 16.8 Å². The van der Waals surface area contributed by atoms with Gasteiger partial charge in [-0.2, -0.15) is 22.9 Å². The van der Waals surface area contributed by atoms with E-state index < -0.39 is 17.3 Å². The largest absolute Gasteiger partial charge is 0.483 e. The van der Waals surface area contributed by atoms with E-state index in [-0.39, 0.29) is 29.3 Å².